The standard InChI is InChI=1S/C14H25N3O4/c1-10-8-17(9-13(2,3)21-10)12(18)14(11(15)16-19)4-6-20-7-5-14/h10,19H,4-9H2,1-3H3,(H2,15,16). The SMILES string of the molecule is CC1CN(C(=O)C2(C(N)=NO)CCOCC2)CC(C)(C)O1. The maximum absolute atomic E-state index is 13.1. The zero-order valence-electron chi connectivity index (χ0n) is 13.0. The first-order valence-corrected chi connectivity index (χ1v) is 7.34. The molecule has 0 aromatic heterocycles. The van der Waals surface area contributed by atoms with Gasteiger partial charge in [0.25, 0.3) is 0 Å². The first-order chi connectivity index (χ1) is 9.81. The van der Waals surface area contributed by atoms with Crippen LogP contribution in [0, 0.1) is 5.41 Å². The molecule has 1 amide bonds. The number of amides is 1. The smallest absolute Gasteiger partial charge is 0.236 e. The summed E-state index contributed by atoms with van der Waals surface area (Å²) in [6.07, 6.45) is 0.837. The predicted octanol–water partition coefficient (Wildman–Crippen LogP) is 0.556. The van der Waals surface area contributed by atoms with Gasteiger partial charge in [-0.25, -0.2) is 0 Å². The Labute approximate surface area is 125 Å². The molecule has 1 atom stereocenters. The van der Waals surface area contributed by atoms with Gasteiger partial charge in [0.1, 0.15) is 5.41 Å². The molecule has 120 valence electrons. The van der Waals surface area contributed by atoms with Gasteiger partial charge in [0, 0.05) is 26.3 Å². The van der Waals surface area contributed by atoms with Crippen LogP contribution < -0.4 is 5.73 Å². The Kier molecular flexibility index (Phi) is 4.43. The van der Waals surface area contributed by atoms with Crippen molar-refractivity contribution in [3.63, 3.8) is 0 Å². The fraction of sp³-hybridized carbons (Fsp3) is 0.857. The van der Waals surface area contributed by atoms with E-state index in [1.165, 1.54) is 0 Å². The molecule has 1 unspecified atom stereocenters. The van der Waals surface area contributed by atoms with E-state index < -0.39 is 11.0 Å². The van der Waals surface area contributed by atoms with E-state index in [1.54, 1.807) is 4.90 Å². The third-order valence-corrected chi connectivity index (χ3v) is 4.21. The van der Waals surface area contributed by atoms with E-state index in [9.17, 15) is 4.79 Å². The fourth-order valence-corrected chi connectivity index (χ4v) is 3.31. The van der Waals surface area contributed by atoms with Crippen LogP contribution in [0.15, 0.2) is 5.16 Å². The molecule has 2 aliphatic rings. The molecule has 7 nitrogen and oxygen atoms in total. The number of ether oxygens (including phenoxy) is 2. The van der Waals surface area contributed by atoms with Gasteiger partial charge in [-0.3, -0.25) is 4.79 Å². The van der Waals surface area contributed by atoms with Gasteiger partial charge in [-0.2, -0.15) is 0 Å². The van der Waals surface area contributed by atoms with Gasteiger partial charge in [0.15, 0.2) is 5.84 Å². The van der Waals surface area contributed by atoms with Crippen LogP contribution in [0.5, 0.6) is 0 Å². The summed E-state index contributed by atoms with van der Waals surface area (Å²) in [5, 5.41) is 12.2. The summed E-state index contributed by atoms with van der Waals surface area (Å²) >= 11 is 0. The highest BCUT2D eigenvalue weighted by Gasteiger charge is 2.48. The Morgan fingerprint density at radius 3 is 2.52 bits per heavy atom. The molecule has 3 N–H and O–H groups in total. The molecule has 0 spiro atoms. The normalized spacial score (nSPS) is 29.2. The van der Waals surface area contributed by atoms with Crippen LogP contribution in [0.3, 0.4) is 0 Å². The van der Waals surface area contributed by atoms with Crippen molar-refractivity contribution in [1.82, 2.24) is 4.90 Å². The van der Waals surface area contributed by atoms with Crippen molar-refractivity contribution in [3.05, 3.63) is 0 Å². The summed E-state index contributed by atoms with van der Waals surface area (Å²) in [5.74, 6) is -0.114. The van der Waals surface area contributed by atoms with E-state index in [1.807, 2.05) is 20.8 Å². The number of nitrogens with zero attached hydrogens (tertiary/aromatic N) is 2. The third-order valence-electron chi connectivity index (χ3n) is 4.21. The molecule has 0 aromatic rings. The van der Waals surface area contributed by atoms with E-state index in [0.717, 1.165) is 0 Å². The number of morpholine rings is 1. The van der Waals surface area contributed by atoms with Gasteiger partial charge in [-0.1, -0.05) is 5.16 Å². The highest BCUT2D eigenvalue weighted by Crippen LogP contribution is 2.35. The van der Waals surface area contributed by atoms with Crippen molar-refractivity contribution in [2.24, 2.45) is 16.3 Å². The van der Waals surface area contributed by atoms with Crippen LogP contribution in [-0.2, 0) is 14.3 Å². The second-order valence-corrected chi connectivity index (χ2v) is 6.55. The minimum absolute atomic E-state index is 0.0206. The van der Waals surface area contributed by atoms with Crippen LogP contribution in [-0.4, -0.2) is 59.9 Å². The van der Waals surface area contributed by atoms with Crippen LogP contribution in [0.1, 0.15) is 33.6 Å². The lowest BCUT2D eigenvalue weighted by molar-refractivity contribution is -0.167. The molecule has 2 rings (SSSR count). The number of oxime groups is 1. The molecule has 2 heterocycles. The van der Waals surface area contributed by atoms with Crippen LogP contribution in [0.4, 0.5) is 0 Å². The van der Waals surface area contributed by atoms with Gasteiger partial charge in [0.05, 0.1) is 11.7 Å². The van der Waals surface area contributed by atoms with Crippen molar-refractivity contribution in [2.45, 2.75) is 45.3 Å². The highest BCUT2D eigenvalue weighted by atomic mass is 16.5. The molecule has 21 heavy (non-hydrogen) atoms. The van der Waals surface area contributed by atoms with E-state index >= 15 is 0 Å². The summed E-state index contributed by atoms with van der Waals surface area (Å²) in [4.78, 5) is 14.8. The van der Waals surface area contributed by atoms with Crippen molar-refractivity contribution < 1.29 is 19.5 Å². The lowest BCUT2D eigenvalue weighted by atomic mass is 9.77. The van der Waals surface area contributed by atoms with E-state index in [0.29, 0.717) is 39.1 Å². The van der Waals surface area contributed by atoms with Gasteiger partial charge in [-0.05, 0) is 33.6 Å². The monoisotopic (exact) mass is 299 g/mol. The largest absolute Gasteiger partial charge is 0.409 e. The molecule has 7 heteroatoms. The average Bonchev–Trinajstić information content (AvgIpc) is 2.44. The van der Waals surface area contributed by atoms with Crippen molar-refractivity contribution in [2.75, 3.05) is 26.3 Å². The Morgan fingerprint density at radius 2 is 2.00 bits per heavy atom. The zero-order chi connectivity index (χ0) is 15.7. The number of rotatable bonds is 2. The van der Waals surface area contributed by atoms with Crippen molar-refractivity contribution in [3.8, 4) is 0 Å². The molecule has 2 aliphatic heterocycles. The van der Waals surface area contributed by atoms with Gasteiger partial charge >= 0.3 is 0 Å². The topological polar surface area (TPSA) is 97.4 Å². The Morgan fingerprint density at radius 1 is 1.38 bits per heavy atom. The molecule has 0 saturated carbocycles. The molecule has 0 bridgehead atoms. The predicted molar refractivity (Wildman–Crippen MR) is 77.1 cm³/mol. The minimum atomic E-state index is -0.958. The molecule has 2 saturated heterocycles. The van der Waals surface area contributed by atoms with Gasteiger partial charge in [0.2, 0.25) is 5.91 Å². The number of hydrogen-bond acceptors (Lipinski definition) is 5. The number of hydrogen-bond donors (Lipinski definition) is 2. The van der Waals surface area contributed by atoms with Crippen LogP contribution in [0.2, 0.25) is 0 Å². The molecule has 0 radical (unpaired) electrons. The lowest BCUT2D eigenvalue weighted by Crippen LogP contribution is -2.60. The molecule has 0 aliphatic carbocycles. The van der Waals surface area contributed by atoms with E-state index in [4.69, 9.17) is 20.4 Å². The van der Waals surface area contributed by atoms with Crippen molar-refractivity contribution >= 4 is 11.7 Å². The van der Waals surface area contributed by atoms with Gasteiger partial charge < -0.3 is 25.3 Å². The minimum Gasteiger partial charge on any atom is -0.409 e. The maximum Gasteiger partial charge on any atom is 0.236 e. The summed E-state index contributed by atoms with van der Waals surface area (Å²) in [6.45, 7) is 7.76. The third kappa shape index (κ3) is 3.13. The molecular formula is C14H25N3O4. The Hall–Kier alpha value is -1.34. The van der Waals surface area contributed by atoms with Crippen LogP contribution in [0.25, 0.3) is 0 Å². The van der Waals surface area contributed by atoms with E-state index in [-0.39, 0.29) is 17.8 Å². The summed E-state index contributed by atoms with van der Waals surface area (Å²) in [5.41, 5.74) is 4.50. The number of amidine groups is 1. The Balaban J connectivity index is 2.26. The number of carbonyl (C=O) groups is 1. The molecule has 2 fully saturated rings. The van der Waals surface area contributed by atoms with Gasteiger partial charge in [-0.15, -0.1) is 0 Å². The highest BCUT2D eigenvalue weighted by molar-refractivity contribution is 6.06. The maximum atomic E-state index is 13.1. The first-order valence-electron chi connectivity index (χ1n) is 7.34. The zero-order valence-corrected chi connectivity index (χ0v) is 13.0. The second kappa shape index (κ2) is 5.81. The van der Waals surface area contributed by atoms with Crippen molar-refractivity contribution in [1.29, 1.82) is 0 Å². The Bertz CT molecular complexity index is 430. The lowest BCUT2D eigenvalue weighted by Gasteiger charge is -2.46. The fourth-order valence-electron chi connectivity index (χ4n) is 3.31. The quantitative estimate of drug-likeness (QED) is 0.336. The summed E-state index contributed by atoms with van der Waals surface area (Å²) in [6, 6.07) is 0. The van der Waals surface area contributed by atoms with Crippen LogP contribution >= 0.6 is 0 Å². The molecule has 0 aromatic carbocycles. The van der Waals surface area contributed by atoms with E-state index in [2.05, 4.69) is 5.16 Å². The summed E-state index contributed by atoms with van der Waals surface area (Å²) < 4.78 is 11.2. The number of carbonyl (C=O) groups excluding carboxylic acids is 1. The molecular weight excluding hydrogens is 274 g/mol. The number of nitrogens with two attached hydrogens (primary N) is 1. The average molecular weight is 299 g/mol. The second-order valence-electron chi connectivity index (χ2n) is 6.55. The summed E-state index contributed by atoms with van der Waals surface area (Å²) in [7, 11) is 0. The first kappa shape index (κ1) is 16.0.